The molecule has 0 fully saturated rings. The van der Waals surface area contributed by atoms with Crippen LogP contribution in [0, 0.1) is 11.3 Å². The molecule has 1 heterocycles. The highest BCUT2D eigenvalue weighted by atomic mass is 16.5. The molecule has 15 heavy (non-hydrogen) atoms. The second kappa shape index (κ2) is 3.22. The Kier molecular flexibility index (Phi) is 2.25. The third kappa shape index (κ3) is 1.85. The van der Waals surface area contributed by atoms with E-state index in [-0.39, 0.29) is 23.2 Å². The van der Waals surface area contributed by atoms with Crippen LogP contribution in [-0.4, -0.2) is 11.9 Å². The highest BCUT2D eigenvalue weighted by Gasteiger charge is 2.41. The maximum Gasteiger partial charge on any atom is 0.170 e. The van der Waals surface area contributed by atoms with Gasteiger partial charge in [0.15, 0.2) is 11.9 Å². The summed E-state index contributed by atoms with van der Waals surface area (Å²) in [5.74, 6) is 1.26. The third-order valence-electron chi connectivity index (χ3n) is 3.18. The number of hydrogen-bond acceptors (Lipinski definition) is 2. The summed E-state index contributed by atoms with van der Waals surface area (Å²) < 4.78 is 5.63. The highest BCUT2D eigenvalue weighted by Crippen LogP contribution is 2.45. The summed E-state index contributed by atoms with van der Waals surface area (Å²) in [5, 5.41) is 0. The van der Waals surface area contributed by atoms with Crippen molar-refractivity contribution in [2.75, 3.05) is 0 Å². The molecular formula is C13H18O2. The van der Waals surface area contributed by atoms with E-state index in [1.54, 1.807) is 6.92 Å². The van der Waals surface area contributed by atoms with Crippen molar-refractivity contribution in [1.82, 2.24) is 0 Å². The van der Waals surface area contributed by atoms with Crippen LogP contribution in [-0.2, 0) is 9.53 Å². The Balaban J connectivity index is 2.35. The number of fused-ring (bicyclic) bond motifs is 1. The minimum atomic E-state index is -0.261. The number of allylic oxidation sites excluding steroid dienone is 3. The zero-order valence-electron chi connectivity index (χ0n) is 9.83. The van der Waals surface area contributed by atoms with Gasteiger partial charge in [-0.2, -0.15) is 0 Å². The lowest BCUT2D eigenvalue weighted by atomic mass is 9.85. The molecule has 2 atom stereocenters. The summed E-state index contributed by atoms with van der Waals surface area (Å²) in [6.45, 7) is 7.95. The van der Waals surface area contributed by atoms with Gasteiger partial charge in [0.1, 0.15) is 0 Å². The summed E-state index contributed by atoms with van der Waals surface area (Å²) >= 11 is 0. The van der Waals surface area contributed by atoms with Gasteiger partial charge >= 0.3 is 0 Å². The summed E-state index contributed by atoms with van der Waals surface area (Å²) in [4.78, 5) is 11.5. The largest absolute Gasteiger partial charge is 0.487 e. The quantitative estimate of drug-likeness (QED) is 0.659. The van der Waals surface area contributed by atoms with E-state index in [0.717, 1.165) is 12.2 Å². The van der Waals surface area contributed by atoms with Gasteiger partial charge in [-0.1, -0.05) is 19.9 Å². The van der Waals surface area contributed by atoms with Gasteiger partial charge < -0.3 is 4.74 Å². The minimum Gasteiger partial charge on any atom is -0.487 e. The second-order valence-corrected chi connectivity index (χ2v) is 5.35. The first-order valence-corrected chi connectivity index (χ1v) is 5.47. The van der Waals surface area contributed by atoms with Gasteiger partial charge in [-0.25, -0.2) is 0 Å². The van der Waals surface area contributed by atoms with Crippen LogP contribution in [0.25, 0.3) is 0 Å². The molecule has 0 amide bonds. The summed E-state index contributed by atoms with van der Waals surface area (Å²) in [5.41, 5.74) is 1.47. The number of carbonyl (C=O) groups is 1. The molecule has 82 valence electrons. The van der Waals surface area contributed by atoms with Crippen LogP contribution in [0.4, 0.5) is 0 Å². The monoisotopic (exact) mass is 206 g/mol. The Bertz CT molecular complexity index is 361. The lowest BCUT2D eigenvalue weighted by Crippen LogP contribution is -2.33. The van der Waals surface area contributed by atoms with E-state index >= 15 is 0 Å². The number of ketones is 1. The molecule has 0 saturated carbocycles. The zero-order valence-corrected chi connectivity index (χ0v) is 9.83. The molecule has 0 radical (unpaired) electrons. The Hall–Kier alpha value is -1.05. The Morgan fingerprint density at radius 1 is 1.53 bits per heavy atom. The standard InChI is InChI=1S/C13H18O2/c1-8-5-10-6-13(3,4)7-11(10)12(15-8)9(2)14/h5-6,11-12H,7H2,1-4H3. The molecule has 0 N–H and O–H groups in total. The fraction of sp³-hybridized carbons (Fsp3) is 0.615. The van der Waals surface area contributed by atoms with Crippen molar-refractivity contribution < 1.29 is 9.53 Å². The first-order valence-electron chi connectivity index (χ1n) is 5.47. The Morgan fingerprint density at radius 3 is 2.80 bits per heavy atom. The van der Waals surface area contributed by atoms with Gasteiger partial charge in [0.05, 0.1) is 5.76 Å². The Labute approximate surface area is 91.0 Å². The van der Waals surface area contributed by atoms with E-state index in [4.69, 9.17) is 4.74 Å². The topological polar surface area (TPSA) is 26.3 Å². The van der Waals surface area contributed by atoms with E-state index in [2.05, 4.69) is 26.0 Å². The SMILES string of the molecule is CC(=O)C1OC(C)=CC2=CC(C)(C)CC21. The summed E-state index contributed by atoms with van der Waals surface area (Å²) in [7, 11) is 0. The van der Waals surface area contributed by atoms with Crippen molar-refractivity contribution in [3.05, 3.63) is 23.5 Å². The zero-order chi connectivity index (χ0) is 11.2. The number of rotatable bonds is 1. The van der Waals surface area contributed by atoms with Crippen LogP contribution >= 0.6 is 0 Å². The second-order valence-electron chi connectivity index (χ2n) is 5.35. The first kappa shape index (κ1) is 10.5. The van der Waals surface area contributed by atoms with E-state index in [0.29, 0.717) is 0 Å². The third-order valence-corrected chi connectivity index (χ3v) is 3.18. The van der Waals surface area contributed by atoms with Gasteiger partial charge in [0, 0.05) is 5.92 Å². The van der Waals surface area contributed by atoms with Gasteiger partial charge in [-0.05, 0) is 37.3 Å². The van der Waals surface area contributed by atoms with Gasteiger partial charge in [0.25, 0.3) is 0 Å². The summed E-state index contributed by atoms with van der Waals surface area (Å²) in [6, 6.07) is 0. The molecule has 2 aliphatic rings. The highest BCUT2D eigenvalue weighted by molar-refractivity contribution is 5.82. The fourth-order valence-electron chi connectivity index (χ4n) is 2.65. The van der Waals surface area contributed by atoms with Gasteiger partial charge in [0.2, 0.25) is 0 Å². The number of Topliss-reactive ketones (excluding diaryl/α,β-unsaturated/α-hetero) is 1. The van der Waals surface area contributed by atoms with E-state index in [9.17, 15) is 4.79 Å². The van der Waals surface area contributed by atoms with Crippen molar-refractivity contribution in [1.29, 1.82) is 0 Å². The fourth-order valence-corrected chi connectivity index (χ4v) is 2.65. The van der Waals surface area contributed by atoms with Crippen LogP contribution in [0.2, 0.25) is 0 Å². The minimum absolute atomic E-state index is 0.135. The van der Waals surface area contributed by atoms with E-state index in [1.807, 2.05) is 6.92 Å². The summed E-state index contributed by atoms with van der Waals surface area (Å²) in [6.07, 6.45) is 5.09. The van der Waals surface area contributed by atoms with Crippen molar-refractivity contribution >= 4 is 5.78 Å². The lowest BCUT2D eigenvalue weighted by molar-refractivity contribution is -0.128. The molecule has 2 nitrogen and oxygen atoms in total. The molecule has 0 aromatic heterocycles. The van der Waals surface area contributed by atoms with E-state index in [1.165, 1.54) is 5.57 Å². The Morgan fingerprint density at radius 2 is 2.20 bits per heavy atom. The molecule has 2 rings (SSSR count). The molecule has 1 aliphatic carbocycles. The molecule has 0 aromatic carbocycles. The molecule has 0 spiro atoms. The molecule has 2 unspecified atom stereocenters. The van der Waals surface area contributed by atoms with Crippen LogP contribution < -0.4 is 0 Å². The smallest absolute Gasteiger partial charge is 0.170 e. The number of ether oxygens (including phenoxy) is 1. The predicted octanol–water partition coefficient (Wildman–Crippen LogP) is 2.85. The van der Waals surface area contributed by atoms with Gasteiger partial charge in [-0.3, -0.25) is 4.79 Å². The van der Waals surface area contributed by atoms with Gasteiger partial charge in [-0.15, -0.1) is 0 Å². The van der Waals surface area contributed by atoms with Crippen LogP contribution in [0.3, 0.4) is 0 Å². The van der Waals surface area contributed by atoms with Crippen molar-refractivity contribution in [3.63, 3.8) is 0 Å². The van der Waals surface area contributed by atoms with Crippen molar-refractivity contribution in [3.8, 4) is 0 Å². The van der Waals surface area contributed by atoms with Crippen molar-refractivity contribution in [2.45, 2.75) is 40.2 Å². The van der Waals surface area contributed by atoms with Crippen molar-refractivity contribution in [2.24, 2.45) is 11.3 Å². The predicted molar refractivity (Wildman–Crippen MR) is 59.3 cm³/mol. The molecule has 1 aliphatic heterocycles. The molecular weight excluding hydrogens is 188 g/mol. The number of hydrogen-bond donors (Lipinski definition) is 0. The van der Waals surface area contributed by atoms with Crippen LogP contribution in [0.1, 0.15) is 34.1 Å². The lowest BCUT2D eigenvalue weighted by Gasteiger charge is -2.29. The molecule has 2 heteroatoms. The van der Waals surface area contributed by atoms with Crippen LogP contribution in [0.15, 0.2) is 23.5 Å². The van der Waals surface area contributed by atoms with Crippen LogP contribution in [0.5, 0.6) is 0 Å². The molecule has 0 aromatic rings. The molecule has 0 saturated heterocycles. The average Bonchev–Trinajstić information content (AvgIpc) is 2.36. The maximum atomic E-state index is 11.5. The first-order chi connectivity index (χ1) is 6.89. The number of carbonyl (C=O) groups excluding carboxylic acids is 1. The normalized spacial score (nSPS) is 32.5. The molecule has 0 bridgehead atoms. The average molecular weight is 206 g/mol. The van der Waals surface area contributed by atoms with E-state index < -0.39 is 0 Å². The maximum absolute atomic E-state index is 11.5.